The Hall–Kier alpha value is -7.37. The first kappa shape index (κ1) is 30.0. The minimum atomic E-state index is -0.606. The minimum absolute atomic E-state index is 0.606. The van der Waals surface area contributed by atoms with Crippen LogP contribution in [0.5, 0.6) is 0 Å². The second-order valence-corrected chi connectivity index (χ2v) is 15.2. The minimum Gasteiger partial charge on any atom is -0.315 e. The van der Waals surface area contributed by atoms with E-state index in [2.05, 4.69) is 208 Å². The Morgan fingerprint density at radius 1 is 0.411 bits per heavy atom. The summed E-state index contributed by atoms with van der Waals surface area (Å²) in [6.45, 7) is 0. The van der Waals surface area contributed by atoms with Gasteiger partial charge in [-0.1, -0.05) is 121 Å². The number of anilines is 2. The molecule has 262 valence electrons. The molecule has 11 aromatic rings. The molecule has 0 atom stereocenters. The zero-order chi connectivity index (χ0) is 36.7. The summed E-state index contributed by atoms with van der Waals surface area (Å²) in [6, 6.07) is 66.8. The van der Waals surface area contributed by atoms with E-state index in [0.717, 1.165) is 34.0 Å². The molecule has 5 heteroatoms. The van der Waals surface area contributed by atoms with Gasteiger partial charge in [0.25, 0.3) is 0 Å². The Morgan fingerprint density at radius 2 is 0.946 bits per heavy atom. The second kappa shape index (κ2) is 10.6. The molecule has 0 amide bonds. The number of para-hydroxylation sites is 5. The van der Waals surface area contributed by atoms with Gasteiger partial charge in [0.1, 0.15) is 5.54 Å². The third kappa shape index (κ3) is 3.58. The van der Waals surface area contributed by atoms with E-state index in [9.17, 15) is 0 Å². The molecular formula is C51H33N5. The summed E-state index contributed by atoms with van der Waals surface area (Å²) in [5.41, 5.74) is 16.1. The molecule has 2 aliphatic rings. The van der Waals surface area contributed by atoms with Crippen molar-refractivity contribution >= 4 is 66.3 Å². The second-order valence-electron chi connectivity index (χ2n) is 15.2. The molecule has 5 nitrogen and oxygen atoms in total. The summed E-state index contributed by atoms with van der Waals surface area (Å²) in [4.78, 5) is 7.66. The monoisotopic (exact) mass is 715 g/mol. The zero-order valence-electron chi connectivity index (χ0n) is 30.6. The maximum Gasteiger partial charge on any atom is 0.212 e. The van der Waals surface area contributed by atoms with Gasteiger partial charge in [0.05, 0.1) is 38.8 Å². The van der Waals surface area contributed by atoms with Crippen LogP contribution in [0.1, 0.15) is 16.7 Å². The van der Waals surface area contributed by atoms with Gasteiger partial charge in [0.2, 0.25) is 5.95 Å². The lowest BCUT2D eigenvalue weighted by Crippen LogP contribution is -2.42. The standard InChI is InChI=1S/C51H33N5/c1-53-49-29-33(27-28-42(49)51(56-46-26-14-11-23-43(46)52-50(53)56)40-21-9-5-17-34(40)35-18-6-10-22-41(35)51)55-45-25-13-8-20-37(45)39-30-47-38(31-48(39)55)36-19-7-12-24-44(36)54(47)32-15-3-2-4-16-32/h2-31H,1H3. The average Bonchev–Trinajstić information content (AvgIpc) is 3.98. The first-order valence-corrected chi connectivity index (χ1v) is 19.3. The van der Waals surface area contributed by atoms with Crippen molar-refractivity contribution in [1.29, 1.82) is 0 Å². The number of fused-ring (bicyclic) bond motifs is 17. The quantitative estimate of drug-likeness (QED) is 0.178. The van der Waals surface area contributed by atoms with Crippen LogP contribution in [0.25, 0.3) is 77.1 Å². The van der Waals surface area contributed by atoms with E-state index < -0.39 is 5.54 Å². The van der Waals surface area contributed by atoms with E-state index >= 15 is 0 Å². The predicted molar refractivity (Wildman–Crippen MR) is 230 cm³/mol. The van der Waals surface area contributed by atoms with Crippen molar-refractivity contribution < 1.29 is 0 Å². The fourth-order valence-electron chi connectivity index (χ4n) is 10.3. The van der Waals surface area contributed by atoms with Gasteiger partial charge in [0.15, 0.2) is 0 Å². The molecule has 0 bridgehead atoms. The summed E-state index contributed by atoms with van der Waals surface area (Å²) in [7, 11) is 2.17. The van der Waals surface area contributed by atoms with Gasteiger partial charge in [-0.15, -0.1) is 0 Å². The van der Waals surface area contributed by atoms with E-state index in [-0.39, 0.29) is 0 Å². The largest absolute Gasteiger partial charge is 0.315 e. The molecule has 0 saturated heterocycles. The number of hydrogen-bond donors (Lipinski definition) is 0. The van der Waals surface area contributed by atoms with Gasteiger partial charge in [-0.25, -0.2) is 4.98 Å². The molecule has 0 radical (unpaired) electrons. The van der Waals surface area contributed by atoms with Crippen molar-refractivity contribution in [3.8, 4) is 22.5 Å². The van der Waals surface area contributed by atoms with Crippen molar-refractivity contribution in [3.63, 3.8) is 0 Å². The van der Waals surface area contributed by atoms with E-state index in [4.69, 9.17) is 4.98 Å². The fourth-order valence-corrected chi connectivity index (χ4v) is 10.3. The number of rotatable bonds is 2. The zero-order valence-corrected chi connectivity index (χ0v) is 30.6. The number of benzene rings is 8. The molecule has 0 fully saturated rings. The maximum absolute atomic E-state index is 5.36. The Labute approximate surface area is 322 Å². The fraction of sp³-hybridized carbons (Fsp3) is 0.0392. The molecule has 3 aromatic heterocycles. The Bertz CT molecular complexity index is 3410. The van der Waals surface area contributed by atoms with Crippen LogP contribution in [0.2, 0.25) is 0 Å². The van der Waals surface area contributed by atoms with Gasteiger partial charge in [-0.2, -0.15) is 0 Å². The van der Waals surface area contributed by atoms with Gasteiger partial charge in [-0.05, 0) is 82.9 Å². The lowest BCUT2D eigenvalue weighted by Gasteiger charge is -2.43. The molecule has 8 aromatic carbocycles. The smallest absolute Gasteiger partial charge is 0.212 e. The van der Waals surface area contributed by atoms with Gasteiger partial charge in [-0.3, -0.25) is 4.57 Å². The Balaban J connectivity index is 1.13. The van der Waals surface area contributed by atoms with E-state index in [1.807, 2.05) is 0 Å². The van der Waals surface area contributed by atoms with Gasteiger partial charge < -0.3 is 14.0 Å². The SMILES string of the molecule is CN1c2cc(-n3c4ccccc4c4cc5c(cc43)c3ccccc3n5-c3ccccc3)ccc2C2(c3ccccc3-c3ccccc32)n2c1nc1ccccc12. The van der Waals surface area contributed by atoms with Crippen molar-refractivity contribution in [2.24, 2.45) is 0 Å². The van der Waals surface area contributed by atoms with Crippen LogP contribution in [0.15, 0.2) is 182 Å². The number of aromatic nitrogens is 4. The van der Waals surface area contributed by atoms with E-state index in [1.54, 1.807) is 0 Å². The lowest BCUT2D eigenvalue weighted by molar-refractivity contribution is 0.530. The molecule has 1 aliphatic heterocycles. The molecule has 13 rings (SSSR count). The molecule has 0 N–H and O–H groups in total. The molecule has 56 heavy (non-hydrogen) atoms. The number of nitrogens with zero attached hydrogens (tertiary/aromatic N) is 5. The normalized spacial score (nSPS) is 13.9. The molecule has 0 saturated carbocycles. The Kier molecular flexibility index (Phi) is 5.71. The first-order chi connectivity index (χ1) is 27.7. The highest BCUT2D eigenvalue weighted by molar-refractivity contribution is 6.19. The summed E-state index contributed by atoms with van der Waals surface area (Å²) in [5, 5.41) is 4.95. The third-order valence-electron chi connectivity index (χ3n) is 12.6. The summed E-state index contributed by atoms with van der Waals surface area (Å²) in [5.74, 6) is 0.931. The molecule has 4 heterocycles. The molecular weight excluding hydrogens is 683 g/mol. The van der Waals surface area contributed by atoms with Crippen LogP contribution in [-0.2, 0) is 5.54 Å². The summed E-state index contributed by atoms with van der Waals surface area (Å²) in [6.07, 6.45) is 0. The van der Waals surface area contributed by atoms with Crippen LogP contribution in [0, 0.1) is 0 Å². The predicted octanol–water partition coefficient (Wildman–Crippen LogP) is 12.1. The maximum atomic E-state index is 5.36. The van der Waals surface area contributed by atoms with E-state index in [1.165, 1.54) is 71.4 Å². The van der Waals surface area contributed by atoms with Crippen LogP contribution >= 0.6 is 0 Å². The average molecular weight is 716 g/mol. The molecule has 1 aliphatic carbocycles. The van der Waals surface area contributed by atoms with Gasteiger partial charge in [0, 0.05) is 45.5 Å². The first-order valence-electron chi connectivity index (χ1n) is 19.3. The van der Waals surface area contributed by atoms with Crippen LogP contribution < -0.4 is 4.90 Å². The van der Waals surface area contributed by atoms with Gasteiger partial charge >= 0.3 is 0 Å². The van der Waals surface area contributed by atoms with E-state index in [0.29, 0.717) is 0 Å². The topological polar surface area (TPSA) is 30.9 Å². The highest BCUT2D eigenvalue weighted by atomic mass is 15.4. The summed E-state index contributed by atoms with van der Waals surface area (Å²) >= 11 is 0. The van der Waals surface area contributed by atoms with Crippen molar-refractivity contribution in [2.45, 2.75) is 5.54 Å². The van der Waals surface area contributed by atoms with Crippen molar-refractivity contribution in [1.82, 2.24) is 18.7 Å². The third-order valence-corrected chi connectivity index (χ3v) is 12.6. The van der Waals surface area contributed by atoms with Crippen LogP contribution in [-0.4, -0.2) is 25.7 Å². The summed E-state index contributed by atoms with van der Waals surface area (Å²) < 4.78 is 7.37. The number of hydrogen-bond acceptors (Lipinski definition) is 2. The lowest BCUT2D eigenvalue weighted by atomic mass is 9.77. The highest BCUT2D eigenvalue weighted by Gasteiger charge is 2.52. The molecule has 1 spiro atoms. The van der Waals surface area contributed by atoms with Crippen molar-refractivity contribution in [2.75, 3.05) is 11.9 Å². The highest BCUT2D eigenvalue weighted by Crippen LogP contribution is 2.60. The van der Waals surface area contributed by atoms with Crippen molar-refractivity contribution in [3.05, 3.63) is 199 Å². The van der Waals surface area contributed by atoms with Crippen LogP contribution in [0.4, 0.5) is 11.6 Å². The number of imidazole rings is 1. The molecule has 0 unspecified atom stereocenters. The van der Waals surface area contributed by atoms with Crippen LogP contribution in [0.3, 0.4) is 0 Å². The Morgan fingerprint density at radius 3 is 1.61 bits per heavy atom.